The zero-order chi connectivity index (χ0) is 15.3. The first-order chi connectivity index (χ1) is 10.3. The Morgan fingerprint density at radius 2 is 1.67 bits per heavy atom. The number of esters is 1. The maximum Gasteiger partial charge on any atom is 0.305 e. The second kappa shape index (κ2) is 11.0. The van der Waals surface area contributed by atoms with Crippen molar-refractivity contribution >= 4 is 5.97 Å². The van der Waals surface area contributed by atoms with Gasteiger partial charge in [-0.15, -0.1) is 0 Å². The van der Waals surface area contributed by atoms with E-state index in [1.54, 1.807) is 7.11 Å². The predicted molar refractivity (Wildman–Crippen MR) is 85.6 cm³/mol. The van der Waals surface area contributed by atoms with Gasteiger partial charge in [-0.1, -0.05) is 24.3 Å². The van der Waals surface area contributed by atoms with Crippen molar-refractivity contribution in [1.82, 2.24) is 0 Å². The van der Waals surface area contributed by atoms with Crippen molar-refractivity contribution in [3.63, 3.8) is 0 Å². The van der Waals surface area contributed by atoms with Gasteiger partial charge in [0.25, 0.3) is 0 Å². The van der Waals surface area contributed by atoms with Crippen molar-refractivity contribution in [3.05, 3.63) is 42.0 Å². The molecule has 0 unspecified atom stereocenters. The van der Waals surface area contributed by atoms with Crippen LogP contribution in [0.3, 0.4) is 0 Å². The smallest absolute Gasteiger partial charge is 0.305 e. The Bertz CT molecular complexity index is 421. The maximum atomic E-state index is 10.9. The van der Waals surface area contributed by atoms with Crippen LogP contribution in [0.15, 0.2) is 36.4 Å². The van der Waals surface area contributed by atoms with E-state index in [0.29, 0.717) is 6.42 Å². The molecule has 1 aromatic carbocycles. The molecular weight excluding hydrogens is 264 g/mol. The van der Waals surface area contributed by atoms with Crippen LogP contribution in [-0.2, 0) is 16.0 Å². The van der Waals surface area contributed by atoms with Gasteiger partial charge in [-0.3, -0.25) is 4.79 Å². The molecule has 0 aliphatic heterocycles. The van der Waals surface area contributed by atoms with Gasteiger partial charge in [0.1, 0.15) is 5.75 Å². The zero-order valence-electron chi connectivity index (χ0n) is 13.1. The van der Waals surface area contributed by atoms with Crippen LogP contribution in [0.1, 0.15) is 44.1 Å². The fourth-order valence-electron chi connectivity index (χ4n) is 2.09. The molecule has 0 heterocycles. The second-order valence-corrected chi connectivity index (χ2v) is 5.03. The quantitative estimate of drug-likeness (QED) is 0.366. The number of rotatable bonds is 10. The third-order valence-corrected chi connectivity index (χ3v) is 3.39. The number of allylic oxidation sites excluding steroid dienone is 2. The van der Waals surface area contributed by atoms with Gasteiger partial charge in [-0.25, -0.2) is 0 Å². The molecule has 21 heavy (non-hydrogen) atoms. The molecular formula is C18H26O3. The largest absolute Gasteiger partial charge is 0.497 e. The predicted octanol–water partition coefficient (Wildman–Crippen LogP) is 4.31. The molecule has 0 amide bonds. The molecule has 0 aliphatic carbocycles. The number of hydrogen-bond acceptors (Lipinski definition) is 3. The summed E-state index contributed by atoms with van der Waals surface area (Å²) in [5.74, 6) is 0.795. The number of ether oxygens (including phenoxy) is 2. The summed E-state index contributed by atoms with van der Waals surface area (Å²) in [5.41, 5.74) is 1.35. The van der Waals surface area contributed by atoms with E-state index in [-0.39, 0.29) is 5.97 Å². The Labute approximate surface area is 128 Å². The summed E-state index contributed by atoms with van der Waals surface area (Å²) in [6.45, 7) is 0. The van der Waals surface area contributed by atoms with Gasteiger partial charge in [0, 0.05) is 6.42 Å². The summed E-state index contributed by atoms with van der Waals surface area (Å²) in [6, 6.07) is 8.25. The summed E-state index contributed by atoms with van der Waals surface area (Å²) in [6.07, 6.45) is 11.3. The Morgan fingerprint density at radius 3 is 2.29 bits per heavy atom. The average Bonchev–Trinajstić information content (AvgIpc) is 2.53. The summed E-state index contributed by atoms with van der Waals surface area (Å²) in [7, 11) is 3.12. The van der Waals surface area contributed by atoms with Gasteiger partial charge < -0.3 is 9.47 Å². The first-order valence-corrected chi connectivity index (χ1v) is 7.61. The molecule has 0 spiro atoms. The second-order valence-electron chi connectivity index (χ2n) is 5.03. The Hall–Kier alpha value is -1.77. The molecule has 0 radical (unpaired) electrons. The number of unbranched alkanes of at least 4 members (excludes halogenated alkanes) is 3. The summed E-state index contributed by atoms with van der Waals surface area (Å²) in [5, 5.41) is 0. The highest BCUT2D eigenvalue weighted by molar-refractivity contribution is 5.68. The molecule has 3 heteroatoms. The van der Waals surface area contributed by atoms with Crippen molar-refractivity contribution in [2.24, 2.45) is 0 Å². The molecule has 0 aliphatic rings. The minimum absolute atomic E-state index is 0.113. The lowest BCUT2D eigenvalue weighted by atomic mass is 10.1. The number of methoxy groups -OCH3 is 2. The number of carbonyl (C=O) groups is 1. The van der Waals surface area contributed by atoms with E-state index in [1.807, 2.05) is 12.1 Å². The van der Waals surface area contributed by atoms with Gasteiger partial charge in [0.15, 0.2) is 0 Å². The van der Waals surface area contributed by atoms with Gasteiger partial charge >= 0.3 is 5.97 Å². The summed E-state index contributed by atoms with van der Waals surface area (Å²) in [4.78, 5) is 10.9. The molecule has 3 nitrogen and oxygen atoms in total. The molecule has 0 atom stereocenters. The highest BCUT2D eigenvalue weighted by atomic mass is 16.5. The molecule has 1 aromatic rings. The number of benzene rings is 1. The van der Waals surface area contributed by atoms with E-state index in [0.717, 1.165) is 44.3 Å². The first-order valence-electron chi connectivity index (χ1n) is 7.61. The fourth-order valence-corrected chi connectivity index (χ4v) is 2.09. The molecule has 0 fully saturated rings. The SMILES string of the molecule is COC(=O)CCCC/C=C/CCCc1ccc(OC)cc1. The average molecular weight is 290 g/mol. The standard InChI is InChI=1S/C18H26O3/c1-20-17-14-12-16(13-15-17)10-8-6-4-3-5-7-9-11-18(19)21-2/h3-4,12-15H,5-11H2,1-2H3/b4-3+. The van der Waals surface area contributed by atoms with Gasteiger partial charge in [0.05, 0.1) is 14.2 Å². The van der Waals surface area contributed by atoms with E-state index in [4.69, 9.17) is 4.74 Å². The lowest BCUT2D eigenvalue weighted by Gasteiger charge is -2.02. The van der Waals surface area contributed by atoms with Crippen LogP contribution in [-0.4, -0.2) is 20.2 Å². The van der Waals surface area contributed by atoms with Gasteiger partial charge in [0.2, 0.25) is 0 Å². The minimum atomic E-state index is -0.113. The van der Waals surface area contributed by atoms with Crippen LogP contribution in [0.2, 0.25) is 0 Å². The van der Waals surface area contributed by atoms with E-state index >= 15 is 0 Å². The van der Waals surface area contributed by atoms with Crippen LogP contribution in [0.4, 0.5) is 0 Å². The number of carbonyl (C=O) groups excluding carboxylic acids is 1. The van der Waals surface area contributed by atoms with Crippen LogP contribution < -0.4 is 4.74 Å². The van der Waals surface area contributed by atoms with Crippen molar-refractivity contribution in [2.45, 2.75) is 44.9 Å². The van der Waals surface area contributed by atoms with Crippen LogP contribution in [0, 0.1) is 0 Å². The summed E-state index contributed by atoms with van der Waals surface area (Å²) < 4.78 is 9.74. The van der Waals surface area contributed by atoms with Gasteiger partial charge in [-0.2, -0.15) is 0 Å². The van der Waals surface area contributed by atoms with E-state index in [1.165, 1.54) is 12.7 Å². The van der Waals surface area contributed by atoms with Crippen LogP contribution in [0.5, 0.6) is 5.75 Å². The molecule has 0 N–H and O–H groups in total. The molecule has 0 saturated carbocycles. The molecule has 1 rings (SSSR count). The van der Waals surface area contributed by atoms with Crippen molar-refractivity contribution in [2.75, 3.05) is 14.2 Å². The van der Waals surface area contributed by atoms with Crippen molar-refractivity contribution in [3.8, 4) is 5.75 Å². The lowest BCUT2D eigenvalue weighted by molar-refractivity contribution is -0.140. The third kappa shape index (κ3) is 8.18. The van der Waals surface area contributed by atoms with Crippen molar-refractivity contribution in [1.29, 1.82) is 0 Å². The van der Waals surface area contributed by atoms with Crippen molar-refractivity contribution < 1.29 is 14.3 Å². The molecule has 116 valence electrons. The number of hydrogen-bond donors (Lipinski definition) is 0. The zero-order valence-corrected chi connectivity index (χ0v) is 13.1. The fraction of sp³-hybridized carbons (Fsp3) is 0.500. The van der Waals surface area contributed by atoms with Gasteiger partial charge in [-0.05, 0) is 56.2 Å². The van der Waals surface area contributed by atoms with Crippen LogP contribution in [0.25, 0.3) is 0 Å². The first kappa shape index (κ1) is 17.3. The minimum Gasteiger partial charge on any atom is -0.497 e. The summed E-state index contributed by atoms with van der Waals surface area (Å²) >= 11 is 0. The normalized spacial score (nSPS) is 10.8. The van der Waals surface area contributed by atoms with E-state index in [9.17, 15) is 4.79 Å². The Morgan fingerprint density at radius 1 is 1.00 bits per heavy atom. The monoisotopic (exact) mass is 290 g/mol. The number of aryl methyl sites for hydroxylation is 1. The third-order valence-electron chi connectivity index (χ3n) is 3.39. The van der Waals surface area contributed by atoms with Crippen LogP contribution >= 0.6 is 0 Å². The Balaban J connectivity index is 2.02. The molecule has 0 bridgehead atoms. The highest BCUT2D eigenvalue weighted by Gasteiger charge is 1.97. The lowest BCUT2D eigenvalue weighted by Crippen LogP contribution is -1.98. The van der Waals surface area contributed by atoms with E-state index < -0.39 is 0 Å². The molecule has 0 saturated heterocycles. The van der Waals surface area contributed by atoms with E-state index in [2.05, 4.69) is 29.0 Å². The Kier molecular flexibility index (Phi) is 9.01. The highest BCUT2D eigenvalue weighted by Crippen LogP contribution is 2.13. The molecule has 0 aromatic heterocycles. The maximum absolute atomic E-state index is 10.9. The topological polar surface area (TPSA) is 35.5 Å².